The standard InChI is InChI=1S/C17H18N4OS/c1-4-15-19-16(14-8-9-23-17(14)20-15)18-12-6-5-7-13(10-12)21(3)11(2)22/h5-10H,4H2,1-3H3,(H,18,19,20). The number of fused-ring (bicyclic) bond motifs is 1. The first-order valence-corrected chi connectivity index (χ1v) is 8.32. The fourth-order valence-corrected chi connectivity index (χ4v) is 3.05. The van der Waals surface area contributed by atoms with E-state index in [1.807, 2.05) is 42.6 Å². The van der Waals surface area contributed by atoms with Crippen molar-refractivity contribution in [3.05, 3.63) is 41.5 Å². The van der Waals surface area contributed by atoms with E-state index in [2.05, 4.69) is 15.3 Å². The molecule has 0 spiro atoms. The molecule has 0 aliphatic heterocycles. The number of carbonyl (C=O) groups is 1. The van der Waals surface area contributed by atoms with Crippen LogP contribution < -0.4 is 10.2 Å². The van der Waals surface area contributed by atoms with Gasteiger partial charge in [0.25, 0.3) is 0 Å². The summed E-state index contributed by atoms with van der Waals surface area (Å²) in [5.74, 6) is 1.62. The first kappa shape index (κ1) is 15.4. The molecule has 0 atom stereocenters. The normalized spacial score (nSPS) is 10.7. The lowest BCUT2D eigenvalue weighted by Gasteiger charge is -2.16. The van der Waals surface area contributed by atoms with Crippen LogP contribution in [0.1, 0.15) is 19.7 Å². The van der Waals surface area contributed by atoms with Crippen LogP contribution in [0.15, 0.2) is 35.7 Å². The minimum Gasteiger partial charge on any atom is -0.340 e. The molecule has 2 aromatic heterocycles. The highest BCUT2D eigenvalue weighted by atomic mass is 32.1. The number of rotatable bonds is 4. The van der Waals surface area contributed by atoms with Gasteiger partial charge in [-0.2, -0.15) is 0 Å². The van der Waals surface area contributed by atoms with E-state index < -0.39 is 0 Å². The molecular weight excluding hydrogens is 308 g/mol. The van der Waals surface area contributed by atoms with Gasteiger partial charge in [0.1, 0.15) is 16.5 Å². The van der Waals surface area contributed by atoms with Crippen LogP contribution in [0, 0.1) is 0 Å². The molecule has 0 fully saturated rings. The van der Waals surface area contributed by atoms with Gasteiger partial charge in [0.15, 0.2) is 0 Å². The summed E-state index contributed by atoms with van der Waals surface area (Å²) in [6.45, 7) is 3.59. The second-order valence-electron chi connectivity index (χ2n) is 5.23. The lowest BCUT2D eigenvalue weighted by atomic mass is 10.2. The van der Waals surface area contributed by atoms with Crippen molar-refractivity contribution in [1.82, 2.24) is 9.97 Å². The third-order valence-electron chi connectivity index (χ3n) is 3.66. The average molecular weight is 326 g/mol. The average Bonchev–Trinajstić information content (AvgIpc) is 3.03. The van der Waals surface area contributed by atoms with E-state index in [9.17, 15) is 4.79 Å². The Bertz CT molecular complexity index is 859. The molecule has 3 aromatic rings. The van der Waals surface area contributed by atoms with Crippen LogP contribution in [0.4, 0.5) is 17.2 Å². The fraction of sp³-hybridized carbons (Fsp3) is 0.235. The number of amides is 1. The number of hydrogen-bond donors (Lipinski definition) is 1. The van der Waals surface area contributed by atoms with E-state index in [0.717, 1.165) is 39.7 Å². The number of aromatic nitrogens is 2. The van der Waals surface area contributed by atoms with Gasteiger partial charge < -0.3 is 10.2 Å². The summed E-state index contributed by atoms with van der Waals surface area (Å²) >= 11 is 1.61. The lowest BCUT2D eigenvalue weighted by Crippen LogP contribution is -2.22. The molecule has 1 N–H and O–H groups in total. The van der Waals surface area contributed by atoms with Crippen molar-refractivity contribution in [1.29, 1.82) is 0 Å². The van der Waals surface area contributed by atoms with Crippen LogP contribution in [0.3, 0.4) is 0 Å². The quantitative estimate of drug-likeness (QED) is 0.788. The molecule has 1 amide bonds. The van der Waals surface area contributed by atoms with Gasteiger partial charge in [-0.05, 0) is 29.6 Å². The Labute approximate surface area is 139 Å². The Morgan fingerprint density at radius 1 is 1.30 bits per heavy atom. The Morgan fingerprint density at radius 2 is 2.13 bits per heavy atom. The van der Waals surface area contributed by atoms with Crippen molar-refractivity contribution in [3.8, 4) is 0 Å². The smallest absolute Gasteiger partial charge is 0.223 e. The number of thiophene rings is 1. The zero-order valence-electron chi connectivity index (χ0n) is 13.3. The number of anilines is 3. The molecule has 118 valence electrons. The molecule has 0 unspecified atom stereocenters. The largest absolute Gasteiger partial charge is 0.340 e. The summed E-state index contributed by atoms with van der Waals surface area (Å²) in [6.07, 6.45) is 0.787. The van der Waals surface area contributed by atoms with E-state index in [4.69, 9.17) is 0 Å². The highest BCUT2D eigenvalue weighted by molar-refractivity contribution is 7.16. The molecule has 0 radical (unpaired) electrons. The van der Waals surface area contributed by atoms with Gasteiger partial charge in [0, 0.05) is 31.8 Å². The van der Waals surface area contributed by atoms with Crippen molar-refractivity contribution >= 4 is 44.7 Å². The fourth-order valence-electron chi connectivity index (χ4n) is 2.26. The monoisotopic (exact) mass is 326 g/mol. The molecule has 0 saturated heterocycles. The zero-order chi connectivity index (χ0) is 16.4. The van der Waals surface area contributed by atoms with Crippen molar-refractivity contribution in [2.75, 3.05) is 17.3 Å². The van der Waals surface area contributed by atoms with Gasteiger partial charge in [-0.1, -0.05) is 13.0 Å². The van der Waals surface area contributed by atoms with Gasteiger partial charge in [0.05, 0.1) is 5.39 Å². The number of nitrogens with one attached hydrogen (secondary N) is 1. The van der Waals surface area contributed by atoms with Gasteiger partial charge >= 0.3 is 0 Å². The van der Waals surface area contributed by atoms with Gasteiger partial charge in [-0.15, -0.1) is 11.3 Å². The van der Waals surface area contributed by atoms with Crippen LogP contribution in [0.5, 0.6) is 0 Å². The van der Waals surface area contributed by atoms with Crippen LogP contribution in [-0.2, 0) is 11.2 Å². The van der Waals surface area contributed by atoms with Crippen molar-refractivity contribution in [3.63, 3.8) is 0 Å². The van der Waals surface area contributed by atoms with Crippen LogP contribution in [0.25, 0.3) is 10.2 Å². The number of carbonyl (C=O) groups excluding carboxylic acids is 1. The predicted octanol–water partition coefficient (Wildman–Crippen LogP) is 3.98. The first-order chi connectivity index (χ1) is 11.1. The van der Waals surface area contributed by atoms with Crippen LogP contribution >= 0.6 is 11.3 Å². The number of aryl methyl sites for hydroxylation is 1. The molecule has 1 aromatic carbocycles. The Kier molecular flexibility index (Phi) is 4.25. The third-order valence-corrected chi connectivity index (χ3v) is 4.46. The maximum Gasteiger partial charge on any atom is 0.223 e. The molecule has 0 saturated carbocycles. The first-order valence-electron chi connectivity index (χ1n) is 7.44. The molecule has 23 heavy (non-hydrogen) atoms. The Balaban J connectivity index is 1.97. The van der Waals surface area contributed by atoms with Gasteiger partial charge in [-0.25, -0.2) is 9.97 Å². The number of hydrogen-bond acceptors (Lipinski definition) is 5. The molecule has 0 bridgehead atoms. The Morgan fingerprint density at radius 3 is 2.87 bits per heavy atom. The summed E-state index contributed by atoms with van der Waals surface area (Å²) in [6, 6.07) is 9.75. The summed E-state index contributed by atoms with van der Waals surface area (Å²) in [5, 5.41) is 6.39. The summed E-state index contributed by atoms with van der Waals surface area (Å²) in [7, 11) is 1.76. The SMILES string of the molecule is CCc1nc(Nc2cccc(N(C)C(C)=O)c2)c2ccsc2n1. The molecule has 5 nitrogen and oxygen atoms in total. The molecular formula is C17H18N4OS. The summed E-state index contributed by atoms with van der Waals surface area (Å²) in [4.78, 5) is 23.3. The van der Waals surface area contributed by atoms with E-state index in [1.165, 1.54) is 0 Å². The topological polar surface area (TPSA) is 58.1 Å². The second kappa shape index (κ2) is 6.34. The highest BCUT2D eigenvalue weighted by Gasteiger charge is 2.10. The minimum atomic E-state index is -0.00215. The Hall–Kier alpha value is -2.47. The zero-order valence-corrected chi connectivity index (χ0v) is 14.1. The van der Waals surface area contributed by atoms with E-state index in [-0.39, 0.29) is 5.91 Å². The van der Waals surface area contributed by atoms with Crippen LogP contribution in [0.2, 0.25) is 0 Å². The number of benzene rings is 1. The van der Waals surface area contributed by atoms with E-state index in [1.54, 1.807) is 30.2 Å². The molecule has 2 heterocycles. The molecule has 3 rings (SSSR count). The maximum atomic E-state index is 11.5. The third kappa shape index (κ3) is 3.17. The molecule has 6 heteroatoms. The second-order valence-corrected chi connectivity index (χ2v) is 6.13. The van der Waals surface area contributed by atoms with Crippen molar-refractivity contribution in [2.24, 2.45) is 0 Å². The lowest BCUT2D eigenvalue weighted by molar-refractivity contribution is -0.116. The van der Waals surface area contributed by atoms with Crippen LogP contribution in [-0.4, -0.2) is 22.9 Å². The van der Waals surface area contributed by atoms with Gasteiger partial charge in [0.2, 0.25) is 5.91 Å². The predicted molar refractivity (Wildman–Crippen MR) is 95.6 cm³/mol. The van der Waals surface area contributed by atoms with Crippen molar-refractivity contribution in [2.45, 2.75) is 20.3 Å². The molecule has 0 aliphatic rings. The van der Waals surface area contributed by atoms with E-state index >= 15 is 0 Å². The molecule has 0 aliphatic carbocycles. The minimum absolute atomic E-state index is 0.00215. The summed E-state index contributed by atoms with van der Waals surface area (Å²) < 4.78 is 0. The number of nitrogens with zero attached hydrogens (tertiary/aromatic N) is 3. The van der Waals surface area contributed by atoms with Crippen molar-refractivity contribution < 1.29 is 4.79 Å². The highest BCUT2D eigenvalue weighted by Crippen LogP contribution is 2.29. The summed E-state index contributed by atoms with van der Waals surface area (Å²) in [5.41, 5.74) is 1.73. The van der Waals surface area contributed by atoms with Gasteiger partial charge in [-0.3, -0.25) is 4.79 Å². The van der Waals surface area contributed by atoms with E-state index in [0.29, 0.717) is 0 Å². The maximum absolute atomic E-state index is 11.5.